The fraction of sp³-hybridized carbons (Fsp3) is 0.444. The first kappa shape index (κ1) is 9.08. The highest BCUT2D eigenvalue weighted by Gasteiger charge is 2.21. The van der Waals surface area contributed by atoms with Crippen molar-refractivity contribution >= 4 is 5.78 Å². The van der Waals surface area contributed by atoms with Gasteiger partial charge in [0, 0.05) is 19.5 Å². The molecule has 1 aromatic rings. The number of allylic oxidation sites excluding steroid dienone is 1. The van der Waals surface area contributed by atoms with Crippen molar-refractivity contribution in [3.05, 3.63) is 24.5 Å². The van der Waals surface area contributed by atoms with Crippen LogP contribution in [0.2, 0.25) is 0 Å². The van der Waals surface area contributed by atoms with Crippen molar-refractivity contribution in [2.75, 3.05) is 13.1 Å². The minimum Gasteiger partial charge on any atom is -0.312 e. The summed E-state index contributed by atoms with van der Waals surface area (Å²) in [5.41, 5.74) is 0.428. The first-order valence-electron chi connectivity index (χ1n) is 4.58. The average Bonchev–Trinajstić information content (AvgIpc) is 2.50. The van der Waals surface area contributed by atoms with Gasteiger partial charge in [0.1, 0.15) is 5.69 Å². The van der Waals surface area contributed by atoms with Crippen LogP contribution in [0.15, 0.2) is 18.9 Å². The molecule has 5 heteroatoms. The molecule has 1 aliphatic rings. The molecule has 2 rings (SSSR count). The molecule has 0 bridgehead atoms. The lowest BCUT2D eigenvalue weighted by Gasteiger charge is -2.26. The highest BCUT2D eigenvalue weighted by molar-refractivity contribution is 5.94. The van der Waals surface area contributed by atoms with Crippen LogP contribution < -0.4 is 5.32 Å². The van der Waals surface area contributed by atoms with Crippen LogP contribution in [-0.4, -0.2) is 33.9 Å². The molecular formula is C9H12N4O. The van der Waals surface area contributed by atoms with Gasteiger partial charge in [-0.25, -0.2) is 4.68 Å². The second kappa shape index (κ2) is 3.71. The van der Waals surface area contributed by atoms with Crippen LogP contribution in [0.1, 0.15) is 23.0 Å². The lowest BCUT2D eigenvalue weighted by molar-refractivity contribution is 0.0991. The van der Waals surface area contributed by atoms with E-state index in [-0.39, 0.29) is 5.78 Å². The predicted molar refractivity (Wildman–Crippen MR) is 51.1 cm³/mol. The van der Waals surface area contributed by atoms with Crippen LogP contribution in [0.3, 0.4) is 0 Å². The van der Waals surface area contributed by atoms with Crippen LogP contribution in [0.25, 0.3) is 0 Å². The van der Waals surface area contributed by atoms with Crippen LogP contribution >= 0.6 is 0 Å². The number of aromatic nitrogens is 3. The first-order valence-corrected chi connectivity index (χ1v) is 4.58. The number of nitrogens with zero attached hydrogens (tertiary/aromatic N) is 3. The van der Waals surface area contributed by atoms with Gasteiger partial charge in [-0.1, -0.05) is 11.3 Å². The molecule has 0 aromatic carbocycles. The van der Waals surface area contributed by atoms with E-state index in [1.807, 2.05) is 0 Å². The summed E-state index contributed by atoms with van der Waals surface area (Å²) in [6.45, 7) is 5.31. The van der Waals surface area contributed by atoms with Gasteiger partial charge < -0.3 is 5.32 Å². The standard InChI is InChI=1S/C9H12N4O/c1-2-3-9(14)8-6-13(12-11-8)7-4-10-5-7/h2,6-7,10H,1,3-5H2. The number of carbonyl (C=O) groups is 1. The Balaban J connectivity index is 2.08. The number of hydrogen-bond acceptors (Lipinski definition) is 4. The molecule has 0 spiro atoms. The van der Waals surface area contributed by atoms with Crippen molar-refractivity contribution in [3.8, 4) is 0 Å². The Morgan fingerprint density at radius 3 is 3.14 bits per heavy atom. The van der Waals surface area contributed by atoms with E-state index in [1.165, 1.54) is 0 Å². The van der Waals surface area contributed by atoms with E-state index in [0.717, 1.165) is 13.1 Å². The first-order chi connectivity index (χ1) is 6.81. The van der Waals surface area contributed by atoms with Gasteiger partial charge in [0.25, 0.3) is 0 Å². The maximum absolute atomic E-state index is 11.4. The Labute approximate surface area is 81.8 Å². The monoisotopic (exact) mass is 192 g/mol. The van der Waals surface area contributed by atoms with Crippen LogP contribution in [-0.2, 0) is 0 Å². The molecular weight excluding hydrogens is 180 g/mol. The molecule has 0 aliphatic carbocycles. The topological polar surface area (TPSA) is 59.8 Å². The van der Waals surface area contributed by atoms with Crippen LogP contribution in [0.5, 0.6) is 0 Å². The lowest BCUT2D eigenvalue weighted by Crippen LogP contribution is -2.43. The molecule has 1 saturated heterocycles. The molecule has 1 N–H and O–H groups in total. The van der Waals surface area contributed by atoms with E-state index in [9.17, 15) is 4.79 Å². The Bertz CT molecular complexity index is 353. The van der Waals surface area contributed by atoms with Gasteiger partial charge in [0.15, 0.2) is 5.78 Å². The molecule has 1 aromatic heterocycles. The highest BCUT2D eigenvalue weighted by atomic mass is 16.1. The van der Waals surface area contributed by atoms with E-state index < -0.39 is 0 Å². The predicted octanol–water partition coefficient (Wildman–Crippen LogP) is 0.181. The average molecular weight is 192 g/mol. The van der Waals surface area contributed by atoms with E-state index in [2.05, 4.69) is 22.2 Å². The van der Waals surface area contributed by atoms with E-state index >= 15 is 0 Å². The van der Waals surface area contributed by atoms with E-state index in [1.54, 1.807) is 17.0 Å². The third kappa shape index (κ3) is 1.58. The molecule has 14 heavy (non-hydrogen) atoms. The van der Waals surface area contributed by atoms with Gasteiger partial charge in [-0.3, -0.25) is 4.79 Å². The summed E-state index contributed by atoms with van der Waals surface area (Å²) in [7, 11) is 0. The van der Waals surface area contributed by atoms with Crippen molar-refractivity contribution < 1.29 is 4.79 Å². The summed E-state index contributed by atoms with van der Waals surface area (Å²) in [5, 5.41) is 10.9. The van der Waals surface area contributed by atoms with E-state index in [0.29, 0.717) is 18.2 Å². The van der Waals surface area contributed by atoms with Crippen molar-refractivity contribution in [2.24, 2.45) is 0 Å². The second-order valence-electron chi connectivity index (χ2n) is 3.31. The van der Waals surface area contributed by atoms with Crippen LogP contribution in [0.4, 0.5) is 0 Å². The maximum atomic E-state index is 11.4. The number of Topliss-reactive ketones (excluding diaryl/α,β-unsaturated/α-hetero) is 1. The highest BCUT2D eigenvalue weighted by Crippen LogP contribution is 2.10. The molecule has 0 radical (unpaired) electrons. The van der Waals surface area contributed by atoms with Gasteiger partial charge in [-0.15, -0.1) is 11.7 Å². The zero-order valence-corrected chi connectivity index (χ0v) is 7.81. The zero-order valence-electron chi connectivity index (χ0n) is 7.81. The number of hydrogen-bond donors (Lipinski definition) is 1. The van der Waals surface area contributed by atoms with Gasteiger partial charge >= 0.3 is 0 Å². The largest absolute Gasteiger partial charge is 0.312 e. The van der Waals surface area contributed by atoms with Crippen molar-refractivity contribution in [1.29, 1.82) is 0 Å². The molecule has 74 valence electrons. The van der Waals surface area contributed by atoms with Gasteiger partial charge in [-0.05, 0) is 0 Å². The zero-order chi connectivity index (χ0) is 9.97. The lowest BCUT2D eigenvalue weighted by atomic mass is 10.2. The summed E-state index contributed by atoms with van der Waals surface area (Å²) in [5.74, 6) is -0.0291. The molecule has 0 unspecified atom stereocenters. The Morgan fingerprint density at radius 1 is 1.79 bits per heavy atom. The van der Waals surface area contributed by atoms with Crippen molar-refractivity contribution in [1.82, 2.24) is 20.3 Å². The third-order valence-corrected chi connectivity index (χ3v) is 2.26. The second-order valence-corrected chi connectivity index (χ2v) is 3.31. The van der Waals surface area contributed by atoms with Gasteiger partial charge in [0.2, 0.25) is 0 Å². The Hall–Kier alpha value is -1.49. The fourth-order valence-electron chi connectivity index (χ4n) is 1.28. The SMILES string of the molecule is C=CCC(=O)c1cn(C2CNC2)nn1. The number of ketones is 1. The molecule has 0 saturated carbocycles. The van der Waals surface area contributed by atoms with E-state index in [4.69, 9.17) is 0 Å². The number of nitrogens with one attached hydrogen (secondary N) is 1. The summed E-state index contributed by atoms with van der Waals surface area (Å²) in [6, 6.07) is 0.354. The van der Waals surface area contributed by atoms with Crippen molar-refractivity contribution in [3.63, 3.8) is 0 Å². The molecule has 2 heterocycles. The van der Waals surface area contributed by atoms with Gasteiger partial charge in [0.05, 0.1) is 12.2 Å². The quantitative estimate of drug-likeness (QED) is 0.546. The molecule has 5 nitrogen and oxygen atoms in total. The number of rotatable bonds is 4. The summed E-state index contributed by atoms with van der Waals surface area (Å²) < 4.78 is 1.74. The minimum atomic E-state index is -0.0291. The molecule has 1 aliphatic heterocycles. The summed E-state index contributed by atoms with van der Waals surface area (Å²) in [4.78, 5) is 11.4. The summed E-state index contributed by atoms with van der Waals surface area (Å²) in [6.07, 6.45) is 3.60. The maximum Gasteiger partial charge on any atom is 0.188 e. The fourth-order valence-corrected chi connectivity index (χ4v) is 1.28. The molecule has 0 amide bonds. The summed E-state index contributed by atoms with van der Waals surface area (Å²) >= 11 is 0. The van der Waals surface area contributed by atoms with Crippen molar-refractivity contribution in [2.45, 2.75) is 12.5 Å². The Kier molecular flexibility index (Phi) is 2.41. The van der Waals surface area contributed by atoms with Gasteiger partial charge in [-0.2, -0.15) is 0 Å². The minimum absolute atomic E-state index is 0.0291. The Morgan fingerprint density at radius 2 is 2.57 bits per heavy atom. The van der Waals surface area contributed by atoms with Crippen LogP contribution in [0, 0.1) is 0 Å². The molecule has 1 fully saturated rings. The number of carbonyl (C=O) groups excluding carboxylic acids is 1. The third-order valence-electron chi connectivity index (χ3n) is 2.26. The molecule has 0 atom stereocenters. The smallest absolute Gasteiger partial charge is 0.188 e. The normalized spacial score (nSPS) is 16.3.